The Labute approximate surface area is 178 Å². The summed E-state index contributed by atoms with van der Waals surface area (Å²) in [6.45, 7) is 1.86. The number of nitrogens with zero attached hydrogens (tertiary/aromatic N) is 1. The molecule has 1 aromatic heterocycles. The van der Waals surface area contributed by atoms with Gasteiger partial charge < -0.3 is 10.3 Å². The highest BCUT2D eigenvalue weighted by Gasteiger charge is 2.19. The molecule has 0 aliphatic rings. The second-order valence-electron chi connectivity index (χ2n) is 6.95. The number of aromatic amines is 1. The van der Waals surface area contributed by atoms with Gasteiger partial charge in [-0.2, -0.15) is 0 Å². The summed E-state index contributed by atoms with van der Waals surface area (Å²) >= 11 is 0. The predicted molar refractivity (Wildman–Crippen MR) is 116 cm³/mol. The van der Waals surface area contributed by atoms with Crippen molar-refractivity contribution in [3.05, 3.63) is 89.5 Å². The molecule has 0 atom stereocenters. The quantitative estimate of drug-likeness (QED) is 0.427. The number of aromatic nitrogens is 2. The Kier molecular flexibility index (Phi) is 5.43. The third-order valence-electron chi connectivity index (χ3n) is 4.74. The standard InChI is InChI=1S/C22H19FN4O3S/c1-14-10-11-15(31(29,30)27-18-7-3-2-6-17(18)23)12-16(14)22(28)24-13-21-25-19-8-4-5-9-20(19)26-21/h2-12,27H,13H2,1H3,(H,24,28)(H,25,26). The van der Waals surface area contributed by atoms with Gasteiger partial charge in [-0.15, -0.1) is 0 Å². The number of H-pyrrole nitrogens is 1. The number of hydrogen-bond donors (Lipinski definition) is 3. The van der Waals surface area contributed by atoms with E-state index < -0.39 is 21.7 Å². The molecule has 0 spiro atoms. The van der Waals surface area contributed by atoms with Crippen LogP contribution >= 0.6 is 0 Å². The van der Waals surface area contributed by atoms with Gasteiger partial charge in [-0.05, 0) is 48.9 Å². The minimum Gasteiger partial charge on any atom is -0.345 e. The number of nitrogens with one attached hydrogen (secondary N) is 3. The Hall–Kier alpha value is -3.72. The number of sulfonamides is 1. The van der Waals surface area contributed by atoms with Crippen molar-refractivity contribution in [3.63, 3.8) is 0 Å². The highest BCUT2D eigenvalue weighted by molar-refractivity contribution is 7.92. The number of aryl methyl sites for hydroxylation is 1. The molecule has 0 saturated heterocycles. The summed E-state index contributed by atoms with van der Waals surface area (Å²) in [5.41, 5.74) is 2.28. The molecule has 0 aliphatic heterocycles. The van der Waals surface area contributed by atoms with E-state index in [9.17, 15) is 17.6 Å². The van der Waals surface area contributed by atoms with Crippen molar-refractivity contribution >= 4 is 32.7 Å². The van der Waals surface area contributed by atoms with Gasteiger partial charge in [0.25, 0.3) is 15.9 Å². The van der Waals surface area contributed by atoms with Gasteiger partial charge in [0.1, 0.15) is 11.6 Å². The van der Waals surface area contributed by atoms with Gasteiger partial charge in [-0.1, -0.05) is 30.3 Å². The van der Waals surface area contributed by atoms with Gasteiger partial charge in [-0.3, -0.25) is 9.52 Å². The molecule has 9 heteroatoms. The van der Waals surface area contributed by atoms with E-state index in [0.29, 0.717) is 11.4 Å². The topological polar surface area (TPSA) is 104 Å². The molecule has 0 fully saturated rings. The second kappa shape index (κ2) is 8.19. The van der Waals surface area contributed by atoms with Gasteiger partial charge in [0.05, 0.1) is 28.2 Å². The first-order valence-electron chi connectivity index (χ1n) is 9.43. The Bertz CT molecular complexity index is 1350. The highest BCUT2D eigenvalue weighted by Crippen LogP contribution is 2.21. The van der Waals surface area contributed by atoms with Crippen molar-refractivity contribution in [2.24, 2.45) is 0 Å². The molecule has 31 heavy (non-hydrogen) atoms. The summed E-state index contributed by atoms with van der Waals surface area (Å²) in [7, 11) is -4.08. The van der Waals surface area contributed by atoms with Crippen molar-refractivity contribution in [2.45, 2.75) is 18.4 Å². The average Bonchev–Trinajstić information content (AvgIpc) is 3.17. The lowest BCUT2D eigenvalue weighted by molar-refractivity contribution is 0.0949. The maximum Gasteiger partial charge on any atom is 0.262 e. The van der Waals surface area contributed by atoms with Gasteiger partial charge >= 0.3 is 0 Å². The fraction of sp³-hybridized carbons (Fsp3) is 0.0909. The van der Waals surface area contributed by atoms with Crippen molar-refractivity contribution in [1.82, 2.24) is 15.3 Å². The Morgan fingerprint density at radius 3 is 2.58 bits per heavy atom. The number of anilines is 1. The number of fused-ring (bicyclic) bond motifs is 1. The molecule has 0 bridgehead atoms. The van der Waals surface area contributed by atoms with Crippen LogP contribution in [0, 0.1) is 12.7 Å². The summed E-state index contributed by atoms with van der Waals surface area (Å²) in [6, 6.07) is 17.1. The summed E-state index contributed by atoms with van der Waals surface area (Å²) in [6.07, 6.45) is 0. The Morgan fingerprint density at radius 2 is 1.81 bits per heavy atom. The number of benzene rings is 3. The first-order chi connectivity index (χ1) is 14.8. The van der Waals surface area contributed by atoms with Crippen LogP contribution in [0.1, 0.15) is 21.7 Å². The summed E-state index contributed by atoms with van der Waals surface area (Å²) in [4.78, 5) is 20.1. The molecule has 3 N–H and O–H groups in total. The van der Waals surface area contributed by atoms with Gasteiger partial charge in [-0.25, -0.2) is 17.8 Å². The van der Waals surface area contributed by atoms with Crippen LogP contribution in [-0.2, 0) is 16.6 Å². The van der Waals surface area contributed by atoms with Crippen LogP contribution in [0.4, 0.5) is 10.1 Å². The molecule has 7 nitrogen and oxygen atoms in total. The number of para-hydroxylation sites is 3. The molecule has 0 radical (unpaired) electrons. The van der Waals surface area contributed by atoms with E-state index in [0.717, 1.165) is 17.1 Å². The smallest absolute Gasteiger partial charge is 0.262 e. The molecule has 4 rings (SSSR count). The molecule has 158 valence electrons. The van der Waals surface area contributed by atoms with Crippen LogP contribution in [-0.4, -0.2) is 24.3 Å². The molecule has 0 saturated carbocycles. The first kappa shape index (κ1) is 20.5. The number of imidazole rings is 1. The van der Waals surface area contributed by atoms with Crippen molar-refractivity contribution in [1.29, 1.82) is 0 Å². The Balaban J connectivity index is 1.53. The van der Waals surface area contributed by atoms with E-state index in [1.165, 1.54) is 36.4 Å². The average molecular weight is 438 g/mol. The zero-order chi connectivity index (χ0) is 22.0. The fourth-order valence-electron chi connectivity index (χ4n) is 3.11. The molecule has 1 heterocycles. The monoisotopic (exact) mass is 438 g/mol. The maximum atomic E-state index is 13.8. The van der Waals surface area contributed by atoms with E-state index in [1.807, 2.05) is 24.3 Å². The third-order valence-corrected chi connectivity index (χ3v) is 6.10. The Morgan fingerprint density at radius 1 is 1.06 bits per heavy atom. The van der Waals surface area contributed by atoms with Crippen LogP contribution in [0.2, 0.25) is 0 Å². The first-order valence-corrected chi connectivity index (χ1v) is 10.9. The lowest BCUT2D eigenvalue weighted by Crippen LogP contribution is -2.25. The number of amides is 1. The third kappa shape index (κ3) is 4.41. The molecule has 1 amide bonds. The summed E-state index contributed by atoms with van der Waals surface area (Å²) in [5.74, 6) is -0.555. The lowest BCUT2D eigenvalue weighted by atomic mass is 10.1. The van der Waals surface area contributed by atoms with Crippen molar-refractivity contribution in [3.8, 4) is 0 Å². The number of hydrogen-bond acceptors (Lipinski definition) is 4. The molecular formula is C22H19FN4O3S. The molecule has 0 unspecified atom stereocenters. The zero-order valence-electron chi connectivity index (χ0n) is 16.5. The summed E-state index contributed by atoms with van der Waals surface area (Å²) < 4.78 is 41.4. The minimum atomic E-state index is -4.08. The van der Waals surface area contributed by atoms with E-state index in [2.05, 4.69) is 20.0 Å². The van der Waals surface area contributed by atoms with E-state index >= 15 is 0 Å². The lowest BCUT2D eigenvalue weighted by Gasteiger charge is -2.12. The highest BCUT2D eigenvalue weighted by atomic mass is 32.2. The van der Waals surface area contributed by atoms with Crippen molar-refractivity contribution < 1.29 is 17.6 Å². The number of carbonyl (C=O) groups excluding carboxylic acids is 1. The molecule has 0 aliphatic carbocycles. The van der Waals surface area contributed by atoms with E-state index in [4.69, 9.17) is 0 Å². The maximum absolute atomic E-state index is 13.8. The van der Waals surface area contributed by atoms with E-state index in [-0.39, 0.29) is 22.7 Å². The molecular weight excluding hydrogens is 419 g/mol. The molecule has 3 aromatic carbocycles. The van der Waals surface area contributed by atoms with Crippen LogP contribution < -0.4 is 10.0 Å². The summed E-state index contributed by atoms with van der Waals surface area (Å²) in [5, 5.41) is 2.75. The van der Waals surface area contributed by atoms with Crippen LogP contribution in [0.25, 0.3) is 11.0 Å². The second-order valence-corrected chi connectivity index (χ2v) is 8.63. The van der Waals surface area contributed by atoms with Gasteiger partial charge in [0, 0.05) is 5.56 Å². The largest absolute Gasteiger partial charge is 0.345 e. The number of rotatable bonds is 6. The van der Waals surface area contributed by atoms with Crippen LogP contribution in [0.5, 0.6) is 0 Å². The van der Waals surface area contributed by atoms with Crippen LogP contribution in [0.15, 0.2) is 71.6 Å². The van der Waals surface area contributed by atoms with Crippen LogP contribution in [0.3, 0.4) is 0 Å². The molecule has 4 aromatic rings. The minimum absolute atomic E-state index is 0.143. The SMILES string of the molecule is Cc1ccc(S(=O)(=O)Nc2ccccc2F)cc1C(=O)NCc1nc2ccccc2[nH]1. The normalized spacial score (nSPS) is 11.4. The predicted octanol–water partition coefficient (Wildman–Crippen LogP) is 3.74. The van der Waals surface area contributed by atoms with E-state index in [1.54, 1.807) is 6.92 Å². The number of carbonyl (C=O) groups is 1. The zero-order valence-corrected chi connectivity index (χ0v) is 17.3. The van der Waals surface area contributed by atoms with Gasteiger partial charge in [0.15, 0.2) is 0 Å². The van der Waals surface area contributed by atoms with Gasteiger partial charge in [0.2, 0.25) is 0 Å². The fourth-order valence-corrected chi connectivity index (χ4v) is 4.20. The van der Waals surface area contributed by atoms with Crippen molar-refractivity contribution in [2.75, 3.05) is 4.72 Å². The number of halogens is 1.